The van der Waals surface area contributed by atoms with Gasteiger partial charge in [0.1, 0.15) is 0 Å². The van der Waals surface area contributed by atoms with Gasteiger partial charge in [-0.2, -0.15) is 0 Å². The van der Waals surface area contributed by atoms with Crippen molar-refractivity contribution in [3.05, 3.63) is 97.6 Å². The molecule has 0 bridgehead atoms. The summed E-state index contributed by atoms with van der Waals surface area (Å²) >= 11 is 0. The predicted octanol–water partition coefficient (Wildman–Crippen LogP) is 6.50. The number of hydrogen-bond donors (Lipinski definition) is 0. The van der Waals surface area contributed by atoms with E-state index in [1.54, 1.807) is 0 Å². The Morgan fingerprint density at radius 1 is 1.04 bits per heavy atom. The summed E-state index contributed by atoms with van der Waals surface area (Å²) in [6.45, 7) is 12.7. The molecule has 142 valence electrons. The van der Waals surface area contributed by atoms with Gasteiger partial charge in [0.15, 0.2) is 0 Å². The summed E-state index contributed by atoms with van der Waals surface area (Å²) in [5.41, 5.74) is 5.53. The van der Waals surface area contributed by atoms with Crippen molar-refractivity contribution in [3.63, 3.8) is 0 Å². The number of para-hydroxylation sites is 1. The minimum absolute atomic E-state index is 0.318. The van der Waals surface area contributed by atoms with Crippen LogP contribution in [0.4, 0.5) is 0 Å². The second-order valence-electron chi connectivity index (χ2n) is 7.09. The summed E-state index contributed by atoms with van der Waals surface area (Å²) < 4.78 is 0. The van der Waals surface area contributed by atoms with Crippen molar-refractivity contribution in [1.29, 1.82) is 0 Å². The van der Waals surface area contributed by atoms with E-state index in [9.17, 15) is 0 Å². The molecule has 1 heterocycles. The maximum Gasteiger partial charge on any atom is 0.0709 e. The number of aromatic nitrogens is 1. The zero-order chi connectivity index (χ0) is 19.9. The zero-order valence-electron chi connectivity index (χ0n) is 16.6. The molecule has 0 fully saturated rings. The fraction of sp³-hybridized carbons (Fsp3) is 0.192. The Labute approximate surface area is 168 Å². The highest BCUT2D eigenvalue weighted by Gasteiger charge is 2.13. The first kappa shape index (κ1) is 19.8. The molecule has 2 aromatic carbocycles. The molecule has 0 aliphatic carbocycles. The molecule has 0 N–H and O–H groups in total. The average Bonchev–Trinajstić information content (AvgIpc) is 2.74. The van der Waals surface area contributed by atoms with Gasteiger partial charge >= 0.3 is 0 Å². The lowest BCUT2D eigenvalue weighted by molar-refractivity contribution is 0.263. The average molecular weight is 369 g/mol. The molecule has 2 heteroatoms. The highest BCUT2D eigenvalue weighted by atomic mass is 15.1. The first-order valence-corrected chi connectivity index (χ1v) is 9.71. The Bertz CT molecular complexity index is 987. The SMILES string of the molecule is C=CCCC(C=C)N(C)Cc1cc(-c2ccc3ccccc3n2)ccc1C=C. The number of allylic oxidation sites excluding steroid dienone is 1. The number of fused-ring (bicyclic) bond motifs is 1. The Kier molecular flexibility index (Phi) is 6.57. The number of pyridine rings is 1. The zero-order valence-corrected chi connectivity index (χ0v) is 16.6. The van der Waals surface area contributed by atoms with Crippen LogP contribution in [0.2, 0.25) is 0 Å². The molecular weight excluding hydrogens is 340 g/mol. The molecule has 3 aromatic rings. The Morgan fingerprint density at radius 2 is 1.86 bits per heavy atom. The van der Waals surface area contributed by atoms with Gasteiger partial charge in [-0.15, -0.1) is 13.2 Å². The Hall–Kier alpha value is -2.97. The normalized spacial score (nSPS) is 12.1. The van der Waals surface area contributed by atoms with Crippen LogP contribution in [0.25, 0.3) is 28.2 Å². The van der Waals surface area contributed by atoms with E-state index in [2.05, 4.69) is 74.1 Å². The Balaban J connectivity index is 1.91. The fourth-order valence-corrected chi connectivity index (χ4v) is 3.52. The van der Waals surface area contributed by atoms with Gasteiger partial charge in [0.25, 0.3) is 0 Å². The number of benzene rings is 2. The maximum atomic E-state index is 4.85. The van der Waals surface area contributed by atoms with E-state index in [4.69, 9.17) is 4.98 Å². The number of rotatable bonds is 9. The van der Waals surface area contributed by atoms with Crippen LogP contribution in [0.5, 0.6) is 0 Å². The van der Waals surface area contributed by atoms with E-state index in [1.165, 1.54) is 5.56 Å². The van der Waals surface area contributed by atoms with E-state index >= 15 is 0 Å². The van der Waals surface area contributed by atoms with Crippen LogP contribution in [0.1, 0.15) is 24.0 Å². The molecule has 0 amide bonds. The highest BCUT2D eigenvalue weighted by Crippen LogP contribution is 2.25. The molecule has 1 aromatic heterocycles. The third-order valence-electron chi connectivity index (χ3n) is 5.18. The molecule has 0 radical (unpaired) electrons. The summed E-state index contributed by atoms with van der Waals surface area (Å²) in [6, 6.07) is 19.2. The summed E-state index contributed by atoms with van der Waals surface area (Å²) in [4.78, 5) is 7.18. The second kappa shape index (κ2) is 9.29. The molecule has 1 unspecified atom stereocenters. The molecule has 3 rings (SSSR count). The maximum absolute atomic E-state index is 4.85. The van der Waals surface area contributed by atoms with E-state index in [0.29, 0.717) is 6.04 Å². The van der Waals surface area contributed by atoms with Gasteiger partial charge in [-0.05, 0) is 49.2 Å². The van der Waals surface area contributed by atoms with Gasteiger partial charge in [-0.25, -0.2) is 4.98 Å². The van der Waals surface area contributed by atoms with Crippen LogP contribution in [0.3, 0.4) is 0 Å². The standard InChI is InChI=1S/C26H28N2/c1-5-8-12-24(7-3)28(4)19-23-18-22(15-14-20(23)6-2)26-17-16-21-11-9-10-13-25(21)27-26/h5-7,9-11,13-18,24H,1-3,8,12,19H2,4H3. The molecule has 2 nitrogen and oxygen atoms in total. The van der Waals surface area contributed by atoms with Crippen molar-refractivity contribution in [1.82, 2.24) is 9.88 Å². The molecule has 0 saturated carbocycles. The molecule has 0 aliphatic rings. The Morgan fingerprint density at radius 3 is 2.61 bits per heavy atom. The van der Waals surface area contributed by atoms with E-state index in [1.807, 2.05) is 30.4 Å². The molecular formula is C26H28N2. The van der Waals surface area contributed by atoms with E-state index in [-0.39, 0.29) is 0 Å². The summed E-state index contributed by atoms with van der Waals surface area (Å²) in [7, 11) is 2.14. The van der Waals surface area contributed by atoms with E-state index in [0.717, 1.165) is 47.1 Å². The molecule has 28 heavy (non-hydrogen) atoms. The van der Waals surface area contributed by atoms with Crippen LogP contribution in [-0.2, 0) is 6.54 Å². The van der Waals surface area contributed by atoms with Crippen molar-refractivity contribution in [2.24, 2.45) is 0 Å². The first-order valence-electron chi connectivity index (χ1n) is 9.71. The van der Waals surface area contributed by atoms with Crippen LogP contribution in [0.15, 0.2) is 86.5 Å². The van der Waals surface area contributed by atoms with Gasteiger partial charge < -0.3 is 0 Å². The lowest BCUT2D eigenvalue weighted by Crippen LogP contribution is -2.29. The van der Waals surface area contributed by atoms with Crippen molar-refractivity contribution in [2.45, 2.75) is 25.4 Å². The van der Waals surface area contributed by atoms with Crippen molar-refractivity contribution >= 4 is 17.0 Å². The summed E-state index contributed by atoms with van der Waals surface area (Å²) in [6.07, 6.45) is 7.92. The minimum atomic E-state index is 0.318. The lowest BCUT2D eigenvalue weighted by atomic mass is 10.00. The van der Waals surface area contributed by atoms with Crippen LogP contribution in [0, 0.1) is 0 Å². The summed E-state index contributed by atoms with van der Waals surface area (Å²) in [5.74, 6) is 0. The van der Waals surface area contributed by atoms with Crippen molar-refractivity contribution in [2.75, 3.05) is 7.05 Å². The van der Waals surface area contributed by atoms with E-state index < -0.39 is 0 Å². The number of likely N-dealkylation sites (N-methyl/N-ethyl adjacent to an activating group) is 1. The van der Waals surface area contributed by atoms with Crippen LogP contribution in [-0.4, -0.2) is 23.0 Å². The topological polar surface area (TPSA) is 16.1 Å². The number of hydrogen-bond acceptors (Lipinski definition) is 2. The van der Waals surface area contributed by atoms with Gasteiger partial charge in [0, 0.05) is 23.5 Å². The monoisotopic (exact) mass is 368 g/mol. The largest absolute Gasteiger partial charge is 0.296 e. The minimum Gasteiger partial charge on any atom is -0.296 e. The third-order valence-corrected chi connectivity index (χ3v) is 5.18. The lowest BCUT2D eigenvalue weighted by Gasteiger charge is -2.26. The predicted molar refractivity (Wildman–Crippen MR) is 122 cm³/mol. The molecule has 0 aliphatic heterocycles. The first-order chi connectivity index (χ1) is 13.7. The molecule has 0 spiro atoms. The van der Waals surface area contributed by atoms with Gasteiger partial charge in [0.2, 0.25) is 0 Å². The summed E-state index contributed by atoms with van der Waals surface area (Å²) in [5, 5.41) is 1.16. The molecule has 0 saturated heterocycles. The van der Waals surface area contributed by atoms with Gasteiger partial charge in [-0.3, -0.25) is 4.90 Å². The van der Waals surface area contributed by atoms with Gasteiger partial charge in [0.05, 0.1) is 11.2 Å². The third kappa shape index (κ3) is 4.47. The van der Waals surface area contributed by atoms with Crippen LogP contribution >= 0.6 is 0 Å². The van der Waals surface area contributed by atoms with Crippen LogP contribution < -0.4 is 0 Å². The number of nitrogens with zero attached hydrogens (tertiary/aromatic N) is 2. The quantitative estimate of drug-likeness (QED) is 0.401. The highest BCUT2D eigenvalue weighted by molar-refractivity contribution is 5.81. The smallest absolute Gasteiger partial charge is 0.0709 e. The second-order valence-corrected chi connectivity index (χ2v) is 7.09. The fourth-order valence-electron chi connectivity index (χ4n) is 3.52. The van der Waals surface area contributed by atoms with Crippen molar-refractivity contribution < 1.29 is 0 Å². The van der Waals surface area contributed by atoms with Crippen molar-refractivity contribution in [3.8, 4) is 11.3 Å². The molecule has 1 atom stereocenters. The van der Waals surface area contributed by atoms with Gasteiger partial charge in [-0.1, -0.05) is 61.2 Å².